The molecule has 2 N–H and O–H groups in total. The van der Waals surface area contributed by atoms with Gasteiger partial charge in [0.1, 0.15) is 11.0 Å². The molecule has 1 aliphatic heterocycles. The molecular formula is C12H16ClF3N4O4. The van der Waals surface area contributed by atoms with E-state index in [1.165, 1.54) is 4.90 Å². The lowest BCUT2D eigenvalue weighted by Crippen LogP contribution is -2.57. The Morgan fingerprint density at radius 3 is 2.54 bits per heavy atom. The van der Waals surface area contributed by atoms with Gasteiger partial charge >= 0.3 is 12.1 Å². The summed E-state index contributed by atoms with van der Waals surface area (Å²) in [6.45, 7) is 0.644. The van der Waals surface area contributed by atoms with Gasteiger partial charge in [-0.25, -0.2) is 0 Å². The van der Waals surface area contributed by atoms with Gasteiger partial charge < -0.3 is 15.1 Å². The molecule has 12 heteroatoms. The molecule has 0 bridgehead atoms. The van der Waals surface area contributed by atoms with Crippen molar-refractivity contribution in [1.29, 1.82) is 0 Å². The summed E-state index contributed by atoms with van der Waals surface area (Å²) in [7, 11) is 0. The molecule has 1 amide bonds. The number of hydrogen-bond acceptors (Lipinski definition) is 6. The van der Waals surface area contributed by atoms with Gasteiger partial charge in [0.05, 0.1) is 6.07 Å². The predicted octanol–water partition coefficient (Wildman–Crippen LogP) is 1.18. The monoisotopic (exact) mass is 372 g/mol. The Morgan fingerprint density at radius 1 is 1.42 bits per heavy atom. The van der Waals surface area contributed by atoms with Crippen molar-refractivity contribution in [3.63, 3.8) is 0 Å². The maximum Gasteiger partial charge on any atom is 0.433 e. The third-order valence-electron chi connectivity index (χ3n) is 3.42. The number of alkyl halides is 3. The van der Waals surface area contributed by atoms with Crippen LogP contribution in [-0.2, 0) is 0 Å². The number of rotatable bonds is 5. The zero-order chi connectivity index (χ0) is 17.0. The average molecular weight is 373 g/mol. The molecule has 2 heterocycles. The molecular weight excluding hydrogens is 357 g/mol. The van der Waals surface area contributed by atoms with Crippen LogP contribution in [0.1, 0.15) is 10.6 Å². The molecule has 1 aromatic heterocycles. The minimum Gasteiger partial charge on any atom is -0.395 e. The van der Waals surface area contributed by atoms with Gasteiger partial charge in [-0.15, -0.1) is 12.4 Å². The Morgan fingerprint density at radius 2 is 2.04 bits per heavy atom. The van der Waals surface area contributed by atoms with Crippen molar-refractivity contribution in [3.8, 4) is 0 Å². The number of carbonyl (C=O) groups excluding carboxylic acids is 1. The van der Waals surface area contributed by atoms with E-state index in [1.54, 1.807) is 0 Å². The molecule has 1 saturated heterocycles. The topological polar surface area (TPSA) is 101 Å². The van der Waals surface area contributed by atoms with Crippen molar-refractivity contribution in [2.45, 2.75) is 12.2 Å². The van der Waals surface area contributed by atoms with Crippen molar-refractivity contribution in [2.24, 2.45) is 0 Å². The van der Waals surface area contributed by atoms with Crippen LogP contribution in [0.3, 0.4) is 0 Å². The van der Waals surface area contributed by atoms with Crippen molar-refractivity contribution in [2.75, 3.05) is 32.7 Å². The predicted molar refractivity (Wildman–Crippen MR) is 79.2 cm³/mol. The molecule has 1 aromatic rings. The van der Waals surface area contributed by atoms with Crippen LogP contribution in [0.25, 0.3) is 0 Å². The standard InChI is InChI=1S/C12H15F3N4O4.ClH/c13-12(14,15)9(18-5-3-16-4-6-18)7-17-11(20)8-1-2-10(23-8)19(21)22;/h1-2,9,16H,3-7H2,(H,17,20);1H. The summed E-state index contributed by atoms with van der Waals surface area (Å²) in [5.41, 5.74) is 0. The van der Waals surface area contributed by atoms with E-state index < -0.39 is 41.2 Å². The normalized spacial score (nSPS) is 17.0. The molecule has 0 aliphatic carbocycles. The Balaban J connectivity index is 0.00000288. The maximum absolute atomic E-state index is 13.1. The molecule has 0 saturated carbocycles. The summed E-state index contributed by atoms with van der Waals surface area (Å²) in [6.07, 6.45) is -4.50. The summed E-state index contributed by atoms with van der Waals surface area (Å²) in [6, 6.07) is 0.186. The fraction of sp³-hybridized carbons (Fsp3) is 0.583. The number of nitrogens with one attached hydrogen (secondary N) is 2. The molecule has 1 fully saturated rings. The largest absolute Gasteiger partial charge is 0.433 e. The highest BCUT2D eigenvalue weighted by atomic mass is 35.5. The fourth-order valence-corrected chi connectivity index (χ4v) is 2.27. The molecule has 1 atom stereocenters. The van der Waals surface area contributed by atoms with Crippen LogP contribution in [0, 0.1) is 10.1 Å². The van der Waals surface area contributed by atoms with Crippen molar-refractivity contribution in [3.05, 3.63) is 28.0 Å². The van der Waals surface area contributed by atoms with E-state index in [9.17, 15) is 28.1 Å². The number of halogens is 4. The first-order valence-corrected chi connectivity index (χ1v) is 6.83. The van der Waals surface area contributed by atoms with Crippen molar-refractivity contribution >= 4 is 24.2 Å². The first kappa shape index (κ1) is 20.2. The minimum absolute atomic E-state index is 0. The first-order chi connectivity index (χ1) is 10.8. The fourth-order valence-electron chi connectivity index (χ4n) is 2.27. The Kier molecular flexibility index (Phi) is 6.99. The average Bonchev–Trinajstić information content (AvgIpc) is 2.97. The minimum atomic E-state index is -4.50. The van der Waals surface area contributed by atoms with Crippen LogP contribution in [0.4, 0.5) is 19.1 Å². The van der Waals surface area contributed by atoms with E-state index in [4.69, 9.17) is 0 Å². The zero-order valence-electron chi connectivity index (χ0n) is 12.3. The van der Waals surface area contributed by atoms with Gasteiger partial charge in [0, 0.05) is 32.7 Å². The van der Waals surface area contributed by atoms with Gasteiger partial charge in [-0.3, -0.25) is 19.8 Å². The molecule has 8 nitrogen and oxygen atoms in total. The molecule has 2 rings (SSSR count). The third kappa shape index (κ3) is 5.08. The second-order valence-corrected chi connectivity index (χ2v) is 4.95. The van der Waals surface area contributed by atoms with Crippen LogP contribution in [0.2, 0.25) is 0 Å². The Labute approximate surface area is 140 Å². The Hall–Kier alpha value is -1.85. The smallest absolute Gasteiger partial charge is 0.395 e. The lowest BCUT2D eigenvalue weighted by atomic mass is 10.2. The van der Waals surface area contributed by atoms with Crippen LogP contribution < -0.4 is 10.6 Å². The van der Waals surface area contributed by atoms with Crippen molar-refractivity contribution < 1.29 is 27.3 Å². The van der Waals surface area contributed by atoms with E-state index in [-0.39, 0.29) is 25.5 Å². The van der Waals surface area contributed by atoms with Gasteiger partial charge in [0.15, 0.2) is 5.76 Å². The first-order valence-electron chi connectivity index (χ1n) is 6.83. The maximum atomic E-state index is 13.1. The molecule has 1 unspecified atom stereocenters. The van der Waals surface area contributed by atoms with Gasteiger partial charge in [-0.05, 0) is 6.07 Å². The van der Waals surface area contributed by atoms with Crippen LogP contribution >= 0.6 is 12.4 Å². The molecule has 0 radical (unpaired) electrons. The lowest BCUT2D eigenvalue weighted by molar-refractivity contribution is -0.402. The van der Waals surface area contributed by atoms with Crippen LogP contribution in [-0.4, -0.2) is 60.7 Å². The zero-order valence-corrected chi connectivity index (χ0v) is 13.2. The molecule has 136 valence electrons. The molecule has 0 aromatic carbocycles. The number of furan rings is 1. The van der Waals surface area contributed by atoms with E-state index in [1.807, 2.05) is 0 Å². The second-order valence-electron chi connectivity index (χ2n) is 4.95. The van der Waals surface area contributed by atoms with Gasteiger partial charge in [-0.2, -0.15) is 13.2 Å². The highest BCUT2D eigenvalue weighted by Crippen LogP contribution is 2.25. The highest BCUT2D eigenvalue weighted by molar-refractivity contribution is 5.91. The summed E-state index contributed by atoms with van der Waals surface area (Å²) in [5, 5.41) is 15.5. The molecule has 0 spiro atoms. The SMILES string of the molecule is Cl.O=C(NCC(N1CCNCC1)C(F)(F)F)c1ccc([N+](=O)[O-])o1. The highest BCUT2D eigenvalue weighted by Gasteiger charge is 2.43. The van der Waals surface area contributed by atoms with E-state index >= 15 is 0 Å². The number of carbonyl (C=O) groups is 1. The van der Waals surface area contributed by atoms with E-state index in [0.717, 1.165) is 12.1 Å². The summed E-state index contributed by atoms with van der Waals surface area (Å²) < 4.78 is 44.1. The van der Waals surface area contributed by atoms with E-state index in [0.29, 0.717) is 13.1 Å². The van der Waals surface area contributed by atoms with Crippen molar-refractivity contribution in [1.82, 2.24) is 15.5 Å². The Bertz CT molecular complexity index is 575. The van der Waals surface area contributed by atoms with E-state index in [2.05, 4.69) is 15.1 Å². The summed E-state index contributed by atoms with van der Waals surface area (Å²) >= 11 is 0. The summed E-state index contributed by atoms with van der Waals surface area (Å²) in [5.74, 6) is -1.98. The van der Waals surface area contributed by atoms with Gasteiger partial charge in [0.25, 0.3) is 5.91 Å². The number of nitrogens with zero attached hydrogens (tertiary/aromatic N) is 2. The van der Waals surface area contributed by atoms with Crippen LogP contribution in [0.15, 0.2) is 16.5 Å². The third-order valence-corrected chi connectivity index (χ3v) is 3.42. The molecule has 24 heavy (non-hydrogen) atoms. The molecule has 1 aliphatic rings. The quantitative estimate of drug-likeness (QED) is 0.594. The number of hydrogen-bond donors (Lipinski definition) is 2. The lowest BCUT2D eigenvalue weighted by Gasteiger charge is -2.35. The number of piperazine rings is 1. The second kappa shape index (κ2) is 8.31. The number of amides is 1. The van der Waals surface area contributed by atoms with Crippen LogP contribution in [0.5, 0.6) is 0 Å². The van der Waals surface area contributed by atoms with Gasteiger partial charge in [0.2, 0.25) is 0 Å². The number of nitro groups is 1. The van der Waals surface area contributed by atoms with Gasteiger partial charge in [-0.1, -0.05) is 0 Å². The summed E-state index contributed by atoms with van der Waals surface area (Å²) in [4.78, 5) is 22.6.